The lowest BCUT2D eigenvalue weighted by atomic mass is 9.77. The first kappa shape index (κ1) is 15.5. The molecule has 0 radical (unpaired) electrons. The minimum atomic E-state index is 0.243. The van der Waals surface area contributed by atoms with Crippen LogP contribution in [0.5, 0.6) is 0 Å². The second kappa shape index (κ2) is 7.14. The number of hydrogen-bond donors (Lipinski definition) is 0. The Labute approximate surface area is 113 Å². The van der Waals surface area contributed by atoms with Gasteiger partial charge in [-0.2, -0.15) is 5.26 Å². The van der Waals surface area contributed by atoms with Gasteiger partial charge in [-0.15, -0.1) is 0 Å². The van der Waals surface area contributed by atoms with E-state index in [-0.39, 0.29) is 5.92 Å². The summed E-state index contributed by atoms with van der Waals surface area (Å²) in [6, 6.07) is 3.61. The highest BCUT2D eigenvalue weighted by atomic mass is 15.2. The Hall–Kier alpha value is -0.550. The van der Waals surface area contributed by atoms with E-state index in [1.54, 1.807) is 0 Å². The third-order valence-corrected chi connectivity index (χ3v) is 4.70. The molecule has 0 aliphatic heterocycles. The molecule has 1 aliphatic carbocycles. The predicted molar refractivity (Wildman–Crippen MR) is 77.2 cm³/mol. The molecule has 0 amide bonds. The Morgan fingerprint density at radius 1 is 1.28 bits per heavy atom. The van der Waals surface area contributed by atoms with Crippen molar-refractivity contribution < 1.29 is 0 Å². The van der Waals surface area contributed by atoms with Gasteiger partial charge in [0.15, 0.2) is 0 Å². The Morgan fingerprint density at radius 3 is 2.44 bits per heavy atom. The van der Waals surface area contributed by atoms with Crippen LogP contribution in [0.3, 0.4) is 0 Å². The van der Waals surface area contributed by atoms with Gasteiger partial charge in [0.05, 0.1) is 12.0 Å². The molecule has 0 aromatic heterocycles. The number of hydrogen-bond acceptors (Lipinski definition) is 2. The van der Waals surface area contributed by atoms with Crippen molar-refractivity contribution in [3.8, 4) is 6.07 Å². The van der Waals surface area contributed by atoms with Crippen LogP contribution in [0.2, 0.25) is 0 Å². The monoisotopic (exact) mass is 250 g/mol. The summed E-state index contributed by atoms with van der Waals surface area (Å²) in [5.74, 6) is 1.80. The van der Waals surface area contributed by atoms with E-state index < -0.39 is 0 Å². The number of nitrogens with zero attached hydrogens (tertiary/aromatic N) is 2. The molecule has 0 N–H and O–H groups in total. The van der Waals surface area contributed by atoms with Crippen molar-refractivity contribution in [3.63, 3.8) is 0 Å². The zero-order chi connectivity index (χ0) is 13.7. The van der Waals surface area contributed by atoms with E-state index in [0.29, 0.717) is 12.1 Å². The largest absolute Gasteiger partial charge is 0.299 e. The fraction of sp³-hybridized carbons (Fsp3) is 0.938. The highest BCUT2D eigenvalue weighted by Crippen LogP contribution is 2.34. The molecule has 1 rings (SSSR count). The second-order valence-electron chi connectivity index (χ2n) is 6.53. The van der Waals surface area contributed by atoms with E-state index in [9.17, 15) is 5.26 Å². The molecule has 0 saturated heterocycles. The van der Waals surface area contributed by atoms with Crippen molar-refractivity contribution in [2.45, 2.75) is 71.9 Å². The lowest BCUT2D eigenvalue weighted by molar-refractivity contribution is 0.0837. The fourth-order valence-corrected chi connectivity index (χ4v) is 3.38. The molecule has 0 spiro atoms. The summed E-state index contributed by atoms with van der Waals surface area (Å²) < 4.78 is 0. The summed E-state index contributed by atoms with van der Waals surface area (Å²) in [6.45, 7) is 9.15. The van der Waals surface area contributed by atoms with Gasteiger partial charge < -0.3 is 0 Å². The van der Waals surface area contributed by atoms with Gasteiger partial charge in [-0.1, -0.05) is 27.2 Å². The number of nitriles is 1. The van der Waals surface area contributed by atoms with Crippen LogP contribution in [-0.4, -0.2) is 24.0 Å². The van der Waals surface area contributed by atoms with Crippen LogP contribution in [0.1, 0.15) is 59.8 Å². The molecule has 0 bridgehead atoms. The van der Waals surface area contributed by atoms with Crippen molar-refractivity contribution in [3.05, 3.63) is 0 Å². The molecule has 2 nitrogen and oxygen atoms in total. The molecule has 18 heavy (non-hydrogen) atoms. The zero-order valence-corrected chi connectivity index (χ0v) is 12.8. The maximum Gasteiger partial charge on any atom is 0.0672 e. The summed E-state index contributed by atoms with van der Waals surface area (Å²) >= 11 is 0. The van der Waals surface area contributed by atoms with Crippen molar-refractivity contribution >= 4 is 0 Å². The van der Waals surface area contributed by atoms with Gasteiger partial charge in [-0.3, -0.25) is 4.90 Å². The van der Waals surface area contributed by atoms with Crippen molar-refractivity contribution in [1.29, 1.82) is 5.26 Å². The third-order valence-electron chi connectivity index (χ3n) is 4.70. The lowest BCUT2D eigenvalue weighted by Gasteiger charge is -2.41. The topological polar surface area (TPSA) is 27.0 Å². The second-order valence-corrected chi connectivity index (χ2v) is 6.53. The normalized spacial score (nSPS) is 30.4. The van der Waals surface area contributed by atoms with Crippen LogP contribution in [-0.2, 0) is 0 Å². The summed E-state index contributed by atoms with van der Waals surface area (Å²) in [5.41, 5.74) is 0. The fourth-order valence-electron chi connectivity index (χ4n) is 3.38. The highest BCUT2D eigenvalue weighted by molar-refractivity contribution is 4.97. The van der Waals surface area contributed by atoms with Gasteiger partial charge in [-0.25, -0.2) is 0 Å². The Kier molecular flexibility index (Phi) is 6.15. The number of rotatable bonds is 5. The first-order valence-electron chi connectivity index (χ1n) is 7.61. The molecule has 104 valence electrons. The quantitative estimate of drug-likeness (QED) is 0.735. The lowest BCUT2D eigenvalue weighted by Crippen LogP contribution is -2.46. The molecule has 0 aromatic carbocycles. The van der Waals surface area contributed by atoms with Crippen LogP contribution in [0.15, 0.2) is 0 Å². The van der Waals surface area contributed by atoms with Gasteiger partial charge >= 0.3 is 0 Å². The van der Waals surface area contributed by atoms with E-state index >= 15 is 0 Å². The van der Waals surface area contributed by atoms with Crippen molar-refractivity contribution in [2.75, 3.05) is 7.05 Å². The molecule has 1 fully saturated rings. The smallest absolute Gasteiger partial charge is 0.0672 e. The predicted octanol–water partition coefficient (Wildman–Crippen LogP) is 4.07. The maximum absolute atomic E-state index is 9.36. The van der Waals surface area contributed by atoms with Crippen LogP contribution >= 0.6 is 0 Å². The summed E-state index contributed by atoms with van der Waals surface area (Å²) in [4.78, 5) is 2.48. The van der Waals surface area contributed by atoms with E-state index in [1.807, 2.05) is 0 Å². The van der Waals surface area contributed by atoms with Crippen LogP contribution in [0.25, 0.3) is 0 Å². The van der Waals surface area contributed by atoms with E-state index in [2.05, 4.69) is 45.7 Å². The molecule has 4 atom stereocenters. The van der Waals surface area contributed by atoms with Gasteiger partial charge in [0, 0.05) is 12.1 Å². The molecule has 4 unspecified atom stereocenters. The zero-order valence-electron chi connectivity index (χ0n) is 12.8. The average Bonchev–Trinajstić information content (AvgIpc) is 2.36. The molecular formula is C16H30N2. The minimum absolute atomic E-state index is 0.243. The van der Waals surface area contributed by atoms with Gasteiger partial charge in [-0.05, 0) is 51.5 Å². The van der Waals surface area contributed by atoms with Gasteiger partial charge in [0.25, 0.3) is 0 Å². The van der Waals surface area contributed by atoms with Crippen molar-refractivity contribution in [1.82, 2.24) is 4.90 Å². The van der Waals surface area contributed by atoms with Crippen LogP contribution in [0, 0.1) is 29.1 Å². The first-order chi connectivity index (χ1) is 8.49. The Bertz CT molecular complexity index is 279. The van der Waals surface area contributed by atoms with Crippen LogP contribution < -0.4 is 0 Å². The maximum atomic E-state index is 9.36. The summed E-state index contributed by atoms with van der Waals surface area (Å²) in [7, 11) is 2.22. The minimum Gasteiger partial charge on any atom is -0.299 e. The highest BCUT2D eigenvalue weighted by Gasteiger charge is 2.34. The van der Waals surface area contributed by atoms with E-state index in [1.165, 1.54) is 25.7 Å². The van der Waals surface area contributed by atoms with E-state index in [4.69, 9.17) is 0 Å². The Morgan fingerprint density at radius 2 is 1.94 bits per heavy atom. The van der Waals surface area contributed by atoms with Crippen LogP contribution in [0.4, 0.5) is 0 Å². The third kappa shape index (κ3) is 3.99. The van der Waals surface area contributed by atoms with E-state index in [0.717, 1.165) is 18.3 Å². The SMILES string of the molecule is CCC1CCC(C#N)C(N(C)C(C)CC(C)C)C1. The molecular weight excluding hydrogens is 220 g/mol. The molecule has 2 heteroatoms. The van der Waals surface area contributed by atoms with Gasteiger partial charge in [0.1, 0.15) is 0 Å². The standard InChI is InChI=1S/C16H30N2/c1-6-14-7-8-15(11-17)16(10-14)18(5)13(4)9-12(2)3/h12-16H,6-10H2,1-5H3. The molecule has 0 aromatic rings. The summed E-state index contributed by atoms with van der Waals surface area (Å²) in [5, 5.41) is 9.36. The summed E-state index contributed by atoms with van der Waals surface area (Å²) in [6.07, 6.45) is 6.05. The first-order valence-corrected chi connectivity index (χ1v) is 7.61. The molecule has 1 aliphatic rings. The molecule has 1 saturated carbocycles. The molecule has 0 heterocycles. The average molecular weight is 250 g/mol. The Balaban J connectivity index is 2.66. The van der Waals surface area contributed by atoms with Gasteiger partial charge in [0.2, 0.25) is 0 Å². The van der Waals surface area contributed by atoms with Crippen molar-refractivity contribution in [2.24, 2.45) is 17.8 Å².